The van der Waals surface area contributed by atoms with Gasteiger partial charge in [-0.1, -0.05) is 0 Å². The molecule has 1 heterocycles. The molecule has 0 aromatic carbocycles. The number of esters is 1. The monoisotopic (exact) mass is 266 g/mol. The molecule has 0 aromatic heterocycles. The standard InChI is InChI=1S/C9H18N2O5S/c1-15-6-4-10-17(13,14)11-5-3-8(7-11)9(12)16-2/h8,10H,3-7H2,1-2H3. The van der Waals surface area contributed by atoms with Crippen molar-refractivity contribution in [3.63, 3.8) is 0 Å². The molecule has 1 N–H and O–H groups in total. The predicted molar refractivity (Wildman–Crippen MR) is 60.5 cm³/mol. The van der Waals surface area contributed by atoms with Crippen LogP contribution in [0.4, 0.5) is 0 Å². The zero-order valence-corrected chi connectivity index (χ0v) is 10.8. The Morgan fingerprint density at radius 1 is 1.47 bits per heavy atom. The van der Waals surface area contributed by atoms with E-state index in [0.717, 1.165) is 0 Å². The van der Waals surface area contributed by atoms with Crippen molar-refractivity contribution in [1.29, 1.82) is 0 Å². The van der Waals surface area contributed by atoms with Gasteiger partial charge in [-0.2, -0.15) is 17.4 Å². The first-order valence-corrected chi connectivity index (χ1v) is 6.76. The van der Waals surface area contributed by atoms with E-state index in [1.807, 2.05) is 0 Å². The van der Waals surface area contributed by atoms with Crippen molar-refractivity contribution >= 4 is 16.2 Å². The minimum atomic E-state index is -3.51. The topological polar surface area (TPSA) is 84.9 Å². The molecule has 1 saturated heterocycles. The second-order valence-corrected chi connectivity index (χ2v) is 5.51. The molecule has 0 aromatic rings. The summed E-state index contributed by atoms with van der Waals surface area (Å²) in [6, 6.07) is 0. The van der Waals surface area contributed by atoms with Crippen LogP contribution in [0.5, 0.6) is 0 Å². The molecule has 0 bridgehead atoms. The second kappa shape index (κ2) is 6.29. The molecule has 0 aliphatic carbocycles. The van der Waals surface area contributed by atoms with E-state index in [0.29, 0.717) is 19.6 Å². The van der Waals surface area contributed by atoms with Gasteiger partial charge in [-0.25, -0.2) is 0 Å². The fraction of sp³-hybridized carbons (Fsp3) is 0.889. The lowest BCUT2D eigenvalue weighted by atomic mass is 10.1. The van der Waals surface area contributed by atoms with Crippen LogP contribution in [0.2, 0.25) is 0 Å². The normalized spacial score (nSPS) is 21.6. The van der Waals surface area contributed by atoms with Crippen LogP contribution in [0.15, 0.2) is 0 Å². The fourth-order valence-corrected chi connectivity index (χ4v) is 2.92. The van der Waals surface area contributed by atoms with Crippen molar-refractivity contribution in [2.45, 2.75) is 6.42 Å². The molecule has 1 rings (SSSR count). The van der Waals surface area contributed by atoms with E-state index in [1.165, 1.54) is 18.5 Å². The van der Waals surface area contributed by atoms with Gasteiger partial charge in [0.2, 0.25) is 0 Å². The third kappa shape index (κ3) is 3.91. The van der Waals surface area contributed by atoms with E-state index < -0.39 is 10.2 Å². The number of methoxy groups -OCH3 is 2. The summed E-state index contributed by atoms with van der Waals surface area (Å²) in [5.41, 5.74) is 0. The average Bonchev–Trinajstić information content (AvgIpc) is 2.78. The van der Waals surface area contributed by atoms with Crippen LogP contribution < -0.4 is 4.72 Å². The highest BCUT2D eigenvalue weighted by molar-refractivity contribution is 7.87. The maximum absolute atomic E-state index is 11.8. The highest BCUT2D eigenvalue weighted by atomic mass is 32.2. The lowest BCUT2D eigenvalue weighted by molar-refractivity contribution is -0.144. The van der Waals surface area contributed by atoms with Crippen molar-refractivity contribution < 1.29 is 22.7 Å². The maximum atomic E-state index is 11.8. The molecule has 8 heteroatoms. The first kappa shape index (κ1) is 14.4. The summed E-state index contributed by atoms with van der Waals surface area (Å²) < 4.78 is 36.5. The van der Waals surface area contributed by atoms with Crippen molar-refractivity contribution in [1.82, 2.24) is 9.03 Å². The van der Waals surface area contributed by atoms with Crippen molar-refractivity contribution in [2.75, 3.05) is 40.5 Å². The van der Waals surface area contributed by atoms with Gasteiger partial charge in [-0.05, 0) is 6.42 Å². The lowest BCUT2D eigenvalue weighted by Gasteiger charge is -2.16. The van der Waals surface area contributed by atoms with E-state index in [4.69, 9.17) is 4.74 Å². The van der Waals surface area contributed by atoms with Gasteiger partial charge in [0.15, 0.2) is 0 Å². The molecule has 0 amide bonds. The largest absolute Gasteiger partial charge is 0.469 e. The number of carbonyl (C=O) groups is 1. The summed E-state index contributed by atoms with van der Waals surface area (Å²) in [6.07, 6.45) is 0.498. The van der Waals surface area contributed by atoms with E-state index in [9.17, 15) is 13.2 Å². The highest BCUT2D eigenvalue weighted by Gasteiger charge is 2.35. The lowest BCUT2D eigenvalue weighted by Crippen LogP contribution is -2.41. The molecule has 1 fully saturated rings. The smallest absolute Gasteiger partial charge is 0.310 e. The molecule has 0 saturated carbocycles. The van der Waals surface area contributed by atoms with E-state index >= 15 is 0 Å². The SMILES string of the molecule is COCCNS(=O)(=O)N1CCC(C(=O)OC)C1. The van der Waals surface area contributed by atoms with Gasteiger partial charge in [-0.15, -0.1) is 0 Å². The number of rotatable bonds is 6. The Kier molecular flexibility index (Phi) is 5.31. The summed E-state index contributed by atoms with van der Waals surface area (Å²) in [5.74, 6) is -0.724. The molecule has 1 unspecified atom stereocenters. The Hall–Kier alpha value is -0.700. The molecule has 100 valence electrons. The van der Waals surface area contributed by atoms with Crippen LogP contribution in [-0.4, -0.2) is 59.2 Å². The van der Waals surface area contributed by atoms with Gasteiger partial charge < -0.3 is 9.47 Å². The summed E-state index contributed by atoms with van der Waals surface area (Å²) in [5, 5.41) is 0. The Labute approximate surface area is 101 Å². The summed E-state index contributed by atoms with van der Waals surface area (Å²) in [7, 11) is -0.712. The Bertz CT molecular complexity index is 356. The van der Waals surface area contributed by atoms with Crippen LogP contribution in [0.3, 0.4) is 0 Å². The molecule has 1 aliphatic heterocycles. The Morgan fingerprint density at radius 2 is 2.18 bits per heavy atom. The molecule has 17 heavy (non-hydrogen) atoms. The van der Waals surface area contributed by atoms with Gasteiger partial charge in [0.1, 0.15) is 0 Å². The number of ether oxygens (including phenoxy) is 2. The van der Waals surface area contributed by atoms with Gasteiger partial charge in [-0.3, -0.25) is 4.79 Å². The van der Waals surface area contributed by atoms with Crippen LogP contribution in [0.25, 0.3) is 0 Å². The number of hydrogen-bond donors (Lipinski definition) is 1. The fourth-order valence-electron chi connectivity index (χ4n) is 1.67. The van der Waals surface area contributed by atoms with Crippen LogP contribution in [0.1, 0.15) is 6.42 Å². The Morgan fingerprint density at radius 3 is 2.76 bits per heavy atom. The van der Waals surface area contributed by atoms with Crippen molar-refractivity contribution in [2.24, 2.45) is 5.92 Å². The number of hydrogen-bond acceptors (Lipinski definition) is 5. The molecule has 0 spiro atoms. The van der Waals surface area contributed by atoms with Gasteiger partial charge in [0, 0.05) is 26.7 Å². The van der Waals surface area contributed by atoms with E-state index in [2.05, 4.69) is 9.46 Å². The van der Waals surface area contributed by atoms with Crippen LogP contribution in [-0.2, 0) is 24.5 Å². The molecular formula is C9H18N2O5S. The number of nitrogens with zero attached hydrogens (tertiary/aromatic N) is 1. The Balaban J connectivity index is 2.49. The third-order valence-electron chi connectivity index (χ3n) is 2.62. The van der Waals surface area contributed by atoms with E-state index in [1.54, 1.807) is 0 Å². The predicted octanol–water partition coefficient (Wildman–Crippen LogP) is -1.04. The highest BCUT2D eigenvalue weighted by Crippen LogP contribution is 2.19. The minimum absolute atomic E-state index is 0.176. The first-order chi connectivity index (χ1) is 8.01. The quantitative estimate of drug-likeness (QED) is 0.490. The third-order valence-corrected chi connectivity index (χ3v) is 4.20. The zero-order valence-electron chi connectivity index (χ0n) is 10.0. The molecular weight excluding hydrogens is 248 g/mol. The summed E-state index contributed by atoms with van der Waals surface area (Å²) in [4.78, 5) is 11.3. The van der Waals surface area contributed by atoms with Gasteiger partial charge in [0.25, 0.3) is 10.2 Å². The number of nitrogens with one attached hydrogen (secondary N) is 1. The molecule has 1 atom stereocenters. The molecule has 0 radical (unpaired) electrons. The zero-order chi connectivity index (χ0) is 12.9. The van der Waals surface area contributed by atoms with Crippen LogP contribution in [0, 0.1) is 5.92 Å². The maximum Gasteiger partial charge on any atom is 0.310 e. The molecule has 7 nitrogen and oxygen atoms in total. The first-order valence-electron chi connectivity index (χ1n) is 5.32. The average molecular weight is 266 g/mol. The number of carbonyl (C=O) groups excluding carboxylic acids is 1. The van der Waals surface area contributed by atoms with Gasteiger partial charge >= 0.3 is 5.97 Å². The minimum Gasteiger partial charge on any atom is -0.469 e. The van der Waals surface area contributed by atoms with Crippen molar-refractivity contribution in [3.8, 4) is 0 Å². The molecule has 1 aliphatic rings. The van der Waals surface area contributed by atoms with E-state index in [-0.39, 0.29) is 25.0 Å². The van der Waals surface area contributed by atoms with Crippen molar-refractivity contribution in [3.05, 3.63) is 0 Å². The second-order valence-electron chi connectivity index (χ2n) is 3.76. The van der Waals surface area contributed by atoms with Crippen LogP contribution >= 0.6 is 0 Å². The van der Waals surface area contributed by atoms with Gasteiger partial charge in [0.05, 0.1) is 19.6 Å². The summed E-state index contributed by atoms with van der Waals surface area (Å²) in [6.45, 7) is 1.04. The summed E-state index contributed by atoms with van der Waals surface area (Å²) >= 11 is 0.